The summed E-state index contributed by atoms with van der Waals surface area (Å²) in [7, 11) is 1.87. The second-order valence-electron chi connectivity index (χ2n) is 6.67. The Labute approximate surface area is 163 Å². The van der Waals surface area contributed by atoms with E-state index in [1.807, 2.05) is 41.1 Å². The number of hydrogen-bond donors (Lipinski definition) is 0. The topological polar surface area (TPSA) is 73.6 Å². The van der Waals surface area contributed by atoms with Gasteiger partial charge in [-0.05, 0) is 38.4 Å². The molecule has 0 aliphatic carbocycles. The Morgan fingerprint density at radius 2 is 2.15 bits per heavy atom. The number of ether oxygens (including phenoxy) is 1. The lowest BCUT2D eigenvalue weighted by molar-refractivity contribution is -0.150. The van der Waals surface area contributed by atoms with E-state index in [4.69, 9.17) is 4.74 Å². The summed E-state index contributed by atoms with van der Waals surface area (Å²) < 4.78 is 5.11. The molecule has 2 aliphatic heterocycles. The van der Waals surface area contributed by atoms with Crippen molar-refractivity contribution in [1.29, 1.82) is 5.26 Å². The first-order valence-corrected chi connectivity index (χ1v) is 9.94. The molecule has 1 aromatic rings. The number of carbonyl (C=O) groups excluding carboxylic acids is 2. The SMILES string of the molecule is CCOC(=O)[C@@H]1CCCN(CC(=O)/C(C#N)=C2\Sc3ccccc3N2C)C1. The second kappa shape index (κ2) is 8.59. The van der Waals surface area contributed by atoms with Crippen molar-refractivity contribution in [3.05, 3.63) is 34.9 Å². The van der Waals surface area contributed by atoms with Crippen molar-refractivity contribution in [1.82, 2.24) is 4.90 Å². The predicted molar refractivity (Wildman–Crippen MR) is 104 cm³/mol. The minimum Gasteiger partial charge on any atom is -0.466 e. The summed E-state index contributed by atoms with van der Waals surface area (Å²) in [5.74, 6) is -0.600. The van der Waals surface area contributed by atoms with Gasteiger partial charge in [0.15, 0.2) is 5.78 Å². The molecule has 0 saturated carbocycles. The van der Waals surface area contributed by atoms with E-state index >= 15 is 0 Å². The number of ketones is 1. The Morgan fingerprint density at radius 3 is 2.85 bits per heavy atom. The quantitative estimate of drug-likeness (QED) is 0.438. The number of esters is 1. The molecule has 0 N–H and O–H groups in total. The Hall–Kier alpha value is -2.30. The van der Waals surface area contributed by atoms with E-state index in [2.05, 4.69) is 6.07 Å². The number of nitriles is 1. The van der Waals surface area contributed by atoms with Gasteiger partial charge in [0.2, 0.25) is 0 Å². The van der Waals surface area contributed by atoms with E-state index < -0.39 is 0 Å². The lowest BCUT2D eigenvalue weighted by atomic mass is 9.97. The summed E-state index contributed by atoms with van der Waals surface area (Å²) in [6, 6.07) is 9.95. The van der Waals surface area contributed by atoms with Gasteiger partial charge in [-0.1, -0.05) is 23.9 Å². The van der Waals surface area contributed by atoms with Crippen LogP contribution in [0, 0.1) is 17.2 Å². The first-order valence-electron chi connectivity index (χ1n) is 9.12. The maximum Gasteiger partial charge on any atom is 0.310 e. The normalized spacial score (nSPS) is 21.4. The van der Waals surface area contributed by atoms with Crippen LogP contribution in [0.2, 0.25) is 0 Å². The molecular formula is C20H23N3O3S. The number of benzene rings is 1. The third-order valence-corrected chi connectivity index (χ3v) is 6.07. The van der Waals surface area contributed by atoms with Crippen molar-refractivity contribution in [3.63, 3.8) is 0 Å². The number of likely N-dealkylation sites (tertiary alicyclic amines) is 1. The molecule has 27 heavy (non-hydrogen) atoms. The third-order valence-electron chi connectivity index (χ3n) is 4.84. The van der Waals surface area contributed by atoms with Crippen LogP contribution >= 0.6 is 11.8 Å². The highest BCUT2D eigenvalue weighted by Crippen LogP contribution is 2.46. The molecule has 0 bridgehead atoms. The Balaban J connectivity index is 1.71. The highest BCUT2D eigenvalue weighted by molar-refractivity contribution is 8.03. The maximum atomic E-state index is 12.9. The van der Waals surface area contributed by atoms with Crippen molar-refractivity contribution >= 4 is 29.2 Å². The van der Waals surface area contributed by atoms with Crippen LogP contribution in [0.5, 0.6) is 0 Å². The molecule has 7 heteroatoms. The molecule has 0 radical (unpaired) electrons. The molecule has 0 amide bonds. The molecule has 0 spiro atoms. The van der Waals surface area contributed by atoms with Crippen molar-refractivity contribution in [2.45, 2.75) is 24.7 Å². The fourth-order valence-corrected chi connectivity index (χ4v) is 4.65. The fourth-order valence-electron chi connectivity index (χ4n) is 3.48. The Morgan fingerprint density at radius 1 is 1.37 bits per heavy atom. The van der Waals surface area contributed by atoms with Crippen LogP contribution in [-0.2, 0) is 14.3 Å². The van der Waals surface area contributed by atoms with Crippen LogP contribution in [0.3, 0.4) is 0 Å². The van der Waals surface area contributed by atoms with Crippen molar-refractivity contribution in [2.75, 3.05) is 38.2 Å². The van der Waals surface area contributed by atoms with Gasteiger partial charge in [0.1, 0.15) is 16.7 Å². The number of hydrogen-bond acceptors (Lipinski definition) is 7. The summed E-state index contributed by atoms with van der Waals surface area (Å²) in [5, 5.41) is 10.3. The van der Waals surface area contributed by atoms with E-state index in [1.54, 1.807) is 6.92 Å². The highest BCUT2D eigenvalue weighted by Gasteiger charge is 2.31. The van der Waals surface area contributed by atoms with Gasteiger partial charge < -0.3 is 9.64 Å². The van der Waals surface area contributed by atoms with Gasteiger partial charge in [-0.2, -0.15) is 5.26 Å². The maximum absolute atomic E-state index is 12.9. The van der Waals surface area contributed by atoms with Crippen LogP contribution in [0.1, 0.15) is 19.8 Å². The monoisotopic (exact) mass is 385 g/mol. The molecule has 142 valence electrons. The van der Waals surface area contributed by atoms with Crippen LogP contribution in [-0.4, -0.2) is 49.9 Å². The van der Waals surface area contributed by atoms with Gasteiger partial charge in [0.25, 0.3) is 0 Å². The van der Waals surface area contributed by atoms with Gasteiger partial charge in [-0.25, -0.2) is 0 Å². The zero-order valence-electron chi connectivity index (χ0n) is 15.6. The number of thioether (sulfide) groups is 1. The fraction of sp³-hybridized carbons (Fsp3) is 0.450. The van der Waals surface area contributed by atoms with E-state index in [-0.39, 0.29) is 29.8 Å². The number of para-hydroxylation sites is 1. The van der Waals surface area contributed by atoms with Gasteiger partial charge in [-0.3, -0.25) is 14.5 Å². The summed E-state index contributed by atoms with van der Waals surface area (Å²) in [6.45, 7) is 3.55. The lowest BCUT2D eigenvalue weighted by Gasteiger charge is -2.30. The number of nitrogens with zero attached hydrogens (tertiary/aromatic N) is 3. The smallest absolute Gasteiger partial charge is 0.310 e. The number of fused-ring (bicyclic) bond motifs is 1. The number of rotatable bonds is 5. The van der Waals surface area contributed by atoms with Gasteiger partial charge in [0.05, 0.1) is 24.8 Å². The molecule has 2 aliphatic rings. The Bertz CT molecular complexity index is 815. The summed E-state index contributed by atoms with van der Waals surface area (Å²) in [4.78, 5) is 29.7. The molecule has 0 aromatic heterocycles. The van der Waals surface area contributed by atoms with Crippen LogP contribution in [0.4, 0.5) is 5.69 Å². The number of carbonyl (C=O) groups is 2. The van der Waals surface area contributed by atoms with E-state index in [0.717, 1.165) is 30.0 Å². The molecule has 3 rings (SSSR count). The largest absolute Gasteiger partial charge is 0.466 e. The van der Waals surface area contributed by atoms with E-state index in [1.165, 1.54) is 11.8 Å². The summed E-state index contributed by atoms with van der Waals surface area (Å²) in [5.41, 5.74) is 1.18. The van der Waals surface area contributed by atoms with Crippen molar-refractivity contribution in [3.8, 4) is 6.07 Å². The standard InChI is InChI=1S/C20H23N3O3S/c1-3-26-20(25)14-7-6-10-23(12-14)13-17(24)15(11-21)19-22(2)16-8-4-5-9-18(16)27-19/h4-5,8-9,14H,3,6-7,10,12-13H2,1-2H3/b19-15-/t14-/m1/s1. The molecule has 1 fully saturated rings. The Kier molecular flexibility index (Phi) is 6.19. The van der Waals surface area contributed by atoms with Crippen LogP contribution in [0.15, 0.2) is 39.8 Å². The molecule has 1 saturated heterocycles. The van der Waals surface area contributed by atoms with Gasteiger partial charge in [-0.15, -0.1) is 0 Å². The highest BCUT2D eigenvalue weighted by atomic mass is 32.2. The first kappa shape index (κ1) is 19.5. The van der Waals surface area contributed by atoms with Gasteiger partial charge in [0, 0.05) is 18.5 Å². The summed E-state index contributed by atoms with van der Waals surface area (Å²) >= 11 is 1.45. The second-order valence-corrected chi connectivity index (χ2v) is 7.70. The van der Waals surface area contributed by atoms with Crippen LogP contribution in [0.25, 0.3) is 0 Å². The minimum atomic E-state index is -0.204. The van der Waals surface area contributed by atoms with E-state index in [0.29, 0.717) is 18.2 Å². The van der Waals surface area contributed by atoms with Crippen molar-refractivity contribution in [2.24, 2.45) is 5.92 Å². The van der Waals surface area contributed by atoms with E-state index in [9.17, 15) is 14.9 Å². The number of anilines is 1. The molecule has 0 unspecified atom stereocenters. The number of Topliss-reactive ketones (excluding diaryl/α,β-unsaturated/α-hetero) is 1. The molecular weight excluding hydrogens is 362 g/mol. The molecule has 6 nitrogen and oxygen atoms in total. The molecule has 2 heterocycles. The zero-order chi connectivity index (χ0) is 19.4. The summed E-state index contributed by atoms with van der Waals surface area (Å²) in [6.07, 6.45) is 1.62. The minimum absolute atomic E-state index is 0.146. The van der Waals surface area contributed by atoms with Crippen molar-refractivity contribution < 1.29 is 14.3 Å². The average molecular weight is 385 g/mol. The molecule has 1 atom stereocenters. The molecule has 1 aromatic carbocycles. The third kappa shape index (κ3) is 4.18. The predicted octanol–water partition coefficient (Wildman–Crippen LogP) is 2.81. The first-order chi connectivity index (χ1) is 13.0. The average Bonchev–Trinajstić information content (AvgIpc) is 3.00. The zero-order valence-corrected chi connectivity index (χ0v) is 16.4. The van der Waals surface area contributed by atoms with Crippen LogP contribution < -0.4 is 4.90 Å². The lowest BCUT2D eigenvalue weighted by Crippen LogP contribution is -2.42. The number of piperidine rings is 1. The van der Waals surface area contributed by atoms with Gasteiger partial charge >= 0.3 is 5.97 Å².